The first-order valence-corrected chi connectivity index (χ1v) is 5.85. The topological polar surface area (TPSA) is 29.1 Å². The summed E-state index contributed by atoms with van der Waals surface area (Å²) in [6.45, 7) is 3.00. The molecule has 0 saturated heterocycles. The van der Waals surface area contributed by atoms with Crippen LogP contribution in [0.15, 0.2) is 29.2 Å². The molecule has 2 nitrogen and oxygen atoms in total. The van der Waals surface area contributed by atoms with Crippen LogP contribution in [0.3, 0.4) is 0 Å². The Morgan fingerprint density at radius 2 is 2.31 bits per heavy atom. The molecule has 1 aliphatic heterocycles. The van der Waals surface area contributed by atoms with Crippen molar-refractivity contribution in [3.05, 3.63) is 29.8 Å². The molecule has 0 saturated carbocycles. The van der Waals surface area contributed by atoms with Gasteiger partial charge in [-0.1, -0.05) is 25.1 Å². The van der Waals surface area contributed by atoms with Crippen LogP contribution in [0.1, 0.15) is 18.5 Å². The van der Waals surface area contributed by atoms with Gasteiger partial charge in [0.15, 0.2) is 0 Å². The normalized spacial score (nSPS) is 25.9. The fourth-order valence-corrected chi connectivity index (χ4v) is 3.21. The Bertz CT molecular complexity index is 337. The Kier molecular flexibility index (Phi) is 2.47. The van der Waals surface area contributed by atoms with Crippen molar-refractivity contribution in [2.45, 2.75) is 17.9 Å². The van der Waals surface area contributed by atoms with Gasteiger partial charge < -0.3 is 5.32 Å². The molecule has 0 radical (unpaired) electrons. The van der Waals surface area contributed by atoms with Crippen LogP contribution < -0.4 is 5.32 Å². The Morgan fingerprint density at radius 1 is 1.54 bits per heavy atom. The highest BCUT2D eigenvalue weighted by atomic mass is 32.2. The minimum absolute atomic E-state index is 0.294. The second-order valence-electron chi connectivity index (χ2n) is 3.16. The molecule has 2 atom stereocenters. The lowest BCUT2D eigenvalue weighted by Crippen LogP contribution is -2.21. The van der Waals surface area contributed by atoms with Crippen molar-refractivity contribution in [2.24, 2.45) is 0 Å². The van der Waals surface area contributed by atoms with E-state index in [9.17, 15) is 4.21 Å². The quantitative estimate of drug-likeness (QED) is 0.774. The number of hydrogen-bond donors (Lipinski definition) is 1. The molecule has 0 aromatic heterocycles. The largest absolute Gasteiger partial charge is 0.309 e. The van der Waals surface area contributed by atoms with Gasteiger partial charge in [0.1, 0.15) is 0 Å². The van der Waals surface area contributed by atoms with E-state index >= 15 is 0 Å². The second kappa shape index (κ2) is 3.60. The minimum atomic E-state index is -0.792. The van der Waals surface area contributed by atoms with Gasteiger partial charge in [-0.2, -0.15) is 0 Å². The predicted octanol–water partition coefficient (Wildman–Crippen LogP) is 1.46. The molecular weight excluding hydrogens is 182 g/mol. The molecular formula is C10H13NOS. The third-order valence-electron chi connectivity index (χ3n) is 2.31. The van der Waals surface area contributed by atoms with E-state index in [1.807, 2.05) is 18.2 Å². The first-order chi connectivity index (χ1) is 6.33. The highest BCUT2D eigenvalue weighted by molar-refractivity contribution is 7.85. The van der Waals surface area contributed by atoms with Crippen LogP contribution in [0.25, 0.3) is 0 Å². The molecule has 2 rings (SSSR count). The van der Waals surface area contributed by atoms with E-state index < -0.39 is 10.8 Å². The smallest absolute Gasteiger partial charge is 0.0552 e. The van der Waals surface area contributed by atoms with Crippen LogP contribution in [-0.2, 0) is 10.8 Å². The number of fused-ring (bicyclic) bond motifs is 1. The van der Waals surface area contributed by atoms with E-state index in [1.54, 1.807) is 0 Å². The zero-order valence-corrected chi connectivity index (χ0v) is 8.43. The number of nitrogens with one attached hydrogen (secondary N) is 1. The van der Waals surface area contributed by atoms with Gasteiger partial charge in [0.05, 0.1) is 10.8 Å². The monoisotopic (exact) mass is 195 g/mol. The molecule has 1 aliphatic rings. The van der Waals surface area contributed by atoms with Gasteiger partial charge in [0.25, 0.3) is 0 Å². The Labute approximate surface area is 80.8 Å². The fraction of sp³-hybridized carbons (Fsp3) is 0.400. The SMILES string of the molecule is CCNC1CS(=O)c2ccccc21. The number of hydrogen-bond acceptors (Lipinski definition) is 2. The lowest BCUT2D eigenvalue weighted by molar-refractivity contribution is 0.604. The van der Waals surface area contributed by atoms with Crippen molar-refractivity contribution in [1.29, 1.82) is 0 Å². The third-order valence-corrected chi connectivity index (χ3v) is 3.81. The van der Waals surface area contributed by atoms with Crippen LogP contribution in [0, 0.1) is 0 Å². The maximum atomic E-state index is 11.6. The molecule has 0 fully saturated rings. The van der Waals surface area contributed by atoms with E-state index in [4.69, 9.17) is 0 Å². The van der Waals surface area contributed by atoms with Gasteiger partial charge in [-0.15, -0.1) is 0 Å². The molecule has 1 aromatic carbocycles. The Morgan fingerprint density at radius 3 is 3.08 bits per heavy atom. The van der Waals surface area contributed by atoms with Crippen LogP contribution in [0.5, 0.6) is 0 Å². The molecule has 13 heavy (non-hydrogen) atoms. The van der Waals surface area contributed by atoms with E-state index in [0.29, 0.717) is 6.04 Å². The van der Waals surface area contributed by atoms with Crippen LogP contribution in [-0.4, -0.2) is 16.5 Å². The van der Waals surface area contributed by atoms with Crippen molar-refractivity contribution in [2.75, 3.05) is 12.3 Å². The summed E-state index contributed by atoms with van der Waals surface area (Å²) in [4.78, 5) is 1.01. The van der Waals surface area contributed by atoms with Crippen molar-refractivity contribution >= 4 is 10.8 Å². The highest BCUT2D eigenvalue weighted by Crippen LogP contribution is 2.29. The van der Waals surface area contributed by atoms with E-state index in [-0.39, 0.29) is 0 Å². The summed E-state index contributed by atoms with van der Waals surface area (Å²) in [7, 11) is -0.792. The lowest BCUT2D eigenvalue weighted by Gasteiger charge is -2.09. The first kappa shape index (κ1) is 8.91. The van der Waals surface area contributed by atoms with Crippen LogP contribution in [0.2, 0.25) is 0 Å². The first-order valence-electron chi connectivity index (χ1n) is 4.53. The van der Waals surface area contributed by atoms with Gasteiger partial charge in [0, 0.05) is 16.7 Å². The van der Waals surface area contributed by atoms with Crippen LogP contribution >= 0.6 is 0 Å². The molecule has 3 heteroatoms. The van der Waals surface area contributed by atoms with E-state index in [1.165, 1.54) is 5.56 Å². The molecule has 1 heterocycles. The highest BCUT2D eigenvalue weighted by Gasteiger charge is 2.26. The maximum Gasteiger partial charge on any atom is 0.0552 e. The minimum Gasteiger partial charge on any atom is -0.309 e. The van der Waals surface area contributed by atoms with Crippen molar-refractivity contribution in [3.63, 3.8) is 0 Å². The summed E-state index contributed by atoms with van der Waals surface area (Å²) in [6.07, 6.45) is 0. The van der Waals surface area contributed by atoms with E-state index in [2.05, 4.69) is 18.3 Å². The summed E-state index contributed by atoms with van der Waals surface area (Å²) in [6, 6.07) is 8.27. The van der Waals surface area contributed by atoms with Gasteiger partial charge >= 0.3 is 0 Å². The van der Waals surface area contributed by atoms with Crippen molar-refractivity contribution in [1.82, 2.24) is 5.32 Å². The number of rotatable bonds is 2. The molecule has 70 valence electrons. The molecule has 1 aromatic rings. The predicted molar refractivity (Wildman–Crippen MR) is 54.1 cm³/mol. The molecule has 0 bridgehead atoms. The number of benzene rings is 1. The Hall–Kier alpha value is -0.670. The third kappa shape index (κ3) is 1.54. The lowest BCUT2D eigenvalue weighted by atomic mass is 10.1. The fourth-order valence-electron chi connectivity index (χ4n) is 1.72. The van der Waals surface area contributed by atoms with Gasteiger partial charge in [0.2, 0.25) is 0 Å². The molecule has 1 N–H and O–H groups in total. The van der Waals surface area contributed by atoms with Gasteiger partial charge in [-0.25, -0.2) is 0 Å². The molecule has 0 spiro atoms. The van der Waals surface area contributed by atoms with Crippen LogP contribution in [0.4, 0.5) is 0 Å². The zero-order valence-electron chi connectivity index (χ0n) is 7.62. The van der Waals surface area contributed by atoms with Gasteiger partial charge in [-0.05, 0) is 18.2 Å². The summed E-state index contributed by atoms with van der Waals surface area (Å²) in [5, 5.41) is 3.34. The van der Waals surface area contributed by atoms with Crippen molar-refractivity contribution < 1.29 is 4.21 Å². The Balaban J connectivity index is 2.36. The average Bonchev–Trinajstić information content (AvgIpc) is 2.46. The van der Waals surface area contributed by atoms with Gasteiger partial charge in [-0.3, -0.25) is 4.21 Å². The standard InChI is InChI=1S/C10H13NOS/c1-2-11-9-7-13(12)10-6-4-3-5-8(9)10/h3-6,9,11H,2,7H2,1H3. The maximum absolute atomic E-state index is 11.6. The summed E-state index contributed by atoms with van der Waals surface area (Å²) < 4.78 is 11.6. The molecule has 2 unspecified atom stereocenters. The molecule has 0 amide bonds. The summed E-state index contributed by atoms with van der Waals surface area (Å²) >= 11 is 0. The molecule has 0 aliphatic carbocycles. The van der Waals surface area contributed by atoms with E-state index in [0.717, 1.165) is 17.2 Å². The average molecular weight is 195 g/mol. The zero-order chi connectivity index (χ0) is 9.26. The second-order valence-corrected chi connectivity index (χ2v) is 4.62. The summed E-state index contributed by atoms with van der Waals surface area (Å²) in [5.74, 6) is 0.729. The van der Waals surface area contributed by atoms with Crippen molar-refractivity contribution in [3.8, 4) is 0 Å². The summed E-state index contributed by atoms with van der Waals surface area (Å²) in [5.41, 5.74) is 1.21.